The van der Waals surface area contributed by atoms with E-state index < -0.39 is 9.84 Å². The minimum absolute atomic E-state index is 0.0964. The second-order valence-corrected chi connectivity index (χ2v) is 9.37. The first-order chi connectivity index (χ1) is 13.9. The average Bonchev–Trinajstić information content (AvgIpc) is 3.35. The van der Waals surface area contributed by atoms with Crippen molar-refractivity contribution in [3.63, 3.8) is 0 Å². The summed E-state index contributed by atoms with van der Waals surface area (Å²) in [5, 5.41) is -0.0964. The van der Waals surface area contributed by atoms with Gasteiger partial charge < -0.3 is 9.38 Å². The zero-order valence-corrected chi connectivity index (χ0v) is 17.6. The average molecular weight is 468 g/mol. The lowest BCUT2D eigenvalue weighted by Crippen LogP contribution is -2.06. The predicted octanol–water partition coefficient (Wildman–Crippen LogP) is 4.18. The Kier molecular flexibility index (Phi) is 4.04. The van der Waals surface area contributed by atoms with E-state index in [1.807, 2.05) is 41.9 Å². The lowest BCUT2D eigenvalue weighted by atomic mass is 10.1. The second kappa shape index (κ2) is 6.50. The minimum atomic E-state index is -3.84. The molecule has 5 aromatic rings. The van der Waals surface area contributed by atoms with Gasteiger partial charge in [0, 0.05) is 40.4 Å². The number of aromatic amines is 1. The summed E-state index contributed by atoms with van der Waals surface area (Å²) in [6.07, 6.45) is 8.56. The number of pyridine rings is 1. The van der Waals surface area contributed by atoms with Gasteiger partial charge in [-0.05, 0) is 52.7 Å². The summed E-state index contributed by atoms with van der Waals surface area (Å²) in [5.74, 6) is 0. The summed E-state index contributed by atoms with van der Waals surface area (Å²) in [6, 6.07) is 9.00. The number of halogens is 1. The molecule has 0 unspecified atom stereocenters. The summed E-state index contributed by atoms with van der Waals surface area (Å²) in [6.45, 7) is 1.84. The Hall–Kier alpha value is -3.04. The molecule has 0 saturated carbocycles. The maximum Gasteiger partial charge on any atom is 0.226 e. The number of hydrogen-bond donors (Lipinski definition) is 1. The first kappa shape index (κ1) is 18.0. The van der Waals surface area contributed by atoms with E-state index in [1.54, 1.807) is 24.5 Å². The normalized spacial score (nSPS) is 12.1. The van der Waals surface area contributed by atoms with Crippen LogP contribution in [-0.2, 0) is 9.84 Å². The maximum atomic E-state index is 13.2. The van der Waals surface area contributed by atoms with Crippen molar-refractivity contribution >= 4 is 42.6 Å². The van der Waals surface area contributed by atoms with Gasteiger partial charge in [0.15, 0.2) is 10.7 Å². The zero-order chi connectivity index (χ0) is 20.2. The van der Waals surface area contributed by atoms with Crippen LogP contribution in [-0.4, -0.2) is 32.8 Å². The highest BCUT2D eigenvalue weighted by Gasteiger charge is 2.24. The third-order valence-corrected chi connectivity index (χ3v) is 7.33. The summed E-state index contributed by atoms with van der Waals surface area (Å²) < 4.78 is 28.8. The van der Waals surface area contributed by atoms with Crippen LogP contribution in [0.15, 0.2) is 75.7 Å². The van der Waals surface area contributed by atoms with Crippen molar-refractivity contribution in [2.75, 3.05) is 0 Å². The molecule has 144 valence electrons. The smallest absolute Gasteiger partial charge is 0.226 e. The first-order valence-electron chi connectivity index (χ1n) is 8.72. The molecule has 0 atom stereocenters. The highest BCUT2D eigenvalue weighted by Crippen LogP contribution is 2.31. The molecule has 4 heterocycles. The van der Waals surface area contributed by atoms with Crippen LogP contribution in [0.1, 0.15) is 5.56 Å². The molecule has 9 heteroatoms. The van der Waals surface area contributed by atoms with Crippen LogP contribution < -0.4 is 0 Å². The van der Waals surface area contributed by atoms with Crippen LogP contribution >= 0.6 is 15.9 Å². The molecular formula is C20H14BrN5O2S. The summed E-state index contributed by atoms with van der Waals surface area (Å²) in [7, 11) is -3.84. The molecule has 0 aliphatic carbocycles. The van der Waals surface area contributed by atoms with E-state index in [4.69, 9.17) is 0 Å². The number of rotatable bonds is 3. The van der Waals surface area contributed by atoms with Gasteiger partial charge in [-0.2, -0.15) is 0 Å². The van der Waals surface area contributed by atoms with Crippen molar-refractivity contribution in [1.82, 2.24) is 24.3 Å². The summed E-state index contributed by atoms with van der Waals surface area (Å²) in [4.78, 5) is 16.2. The predicted molar refractivity (Wildman–Crippen MR) is 112 cm³/mol. The van der Waals surface area contributed by atoms with Crippen LogP contribution in [0.5, 0.6) is 0 Å². The molecule has 0 saturated heterocycles. The quantitative estimate of drug-likeness (QED) is 0.429. The van der Waals surface area contributed by atoms with Crippen molar-refractivity contribution in [3.05, 3.63) is 71.4 Å². The van der Waals surface area contributed by atoms with Gasteiger partial charge in [-0.3, -0.25) is 0 Å². The van der Waals surface area contributed by atoms with Gasteiger partial charge >= 0.3 is 0 Å². The van der Waals surface area contributed by atoms with E-state index >= 15 is 0 Å². The number of fused-ring (bicyclic) bond motifs is 2. The van der Waals surface area contributed by atoms with Crippen molar-refractivity contribution < 1.29 is 8.42 Å². The monoisotopic (exact) mass is 467 g/mol. The molecule has 1 N–H and O–H groups in total. The van der Waals surface area contributed by atoms with E-state index in [1.165, 1.54) is 6.20 Å². The van der Waals surface area contributed by atoms with Gasteiger partial charge in [0.05, 0.1) is 11.1 Å². The molecule has 0 aliphatic heterocycles. The Balaban J connectivity index is 1.69. The number of benzene rings is 1. The fourth-order valence-corrected chi connectivity index (χ4v) is 5.41. The van der Waals surface area contributed by atoms with Gasteiger partial charge in [0.1, 0.15) is 11.2 Å². The fourth-order valence-electron chi connectivity index (χ4n) is 3.23. The number of hydrogen-bond acceptors (Lipinski definition) is 5. The molecule has 0 aliphatic rings. The number of nitrogens with zero attached hydrogens (tertiary/aromatic N) is 4. The first-order valence-corrected chi connectivity index (χ1v) is 11.0. The van der Waals surface area contributed by atoms with E-state index in [9.17, 15) is 8.42 Å². The molecule has 0 amide bonds. The number of H-pyrrole nitrogens is 1. The van der Waals surface area contributed by atoms with Crippen LogP contribution in [0.3, 0.4) is 0 Å². The van der Waals surface area contributed by atoms with Crippen molar-refractivity contribution in [2.45, 2.75) is 16.8 Å². The molecule has 0 fully saturated rings. The lowest BCUT2D eigenvalue weighted by molar-refractivity contribution is 0.591. The standard InChI is InChI=1S/C20H14BrN5O2S/c1-12-2-4-15(21)16(8-12)29(27,28)18-10-24-20-19(25-18)14(9-23-20)13-3-5-17-22-6-7-26(17)11-13/h2-11H,1H3,(H,23,24). The van der Waals surface area contributed by atoms with E-state index in [2.05, 4.69) is 35.9 Å². The Morgan fingerprint density at radius 1 is 1.14 bits per heavy atom. The van der Waals surface area contributed by atoms with E-state index in [0.717, 1.165) is 22.3 Å². The number of aromatic nitrogens is 5. The van der Waals surface area contributed by atoms with Crippen LogP contribution in [0.25, 0.3) is 27.9 Å². The summed E-state index contributed by atoms with van der Waals surface area (Å²) in [5.41, 5.74) is 4.33. The van der Waals surface area contributed by atoms with Crippen molar-refractivity contribution in [1.29, 1.82) is 0 Å². The Bertz CT molecular complexity index is 1500. The fraction of sp³-hybridized carbons (Fsp3) is 0.0500. The van der Waals surface area contributed by atoms with Crippen LogP contribution in [0, 0.1) is 6.92 Å². The highest BCUT2D eigenvalue weighted by atomic mass is 79.9. The van der Waals surface area contributed by atoms with Gasteiger partial charge in [-0.15, -0.1) is 0 Å². The van der Waals surface area contributed by atoms with Crippen LogP contribution in [0.2, 0.25) is 0 Å². The van der Waals surface area contributed by atoms with Crippen molar-refractivity contribution in [2.24, 2.45) is 0 Å². The van der Waals surface area contributed by atoms with E-state index in [0.29, 0.717) is 15.6 Å². The molecule has 4 aromatic heterocycles. The lowest BCUT2D eigenvalue weighted by Gasteiger charge is -2.08. The number of nitrogens with one attached hydrogen (secondary N) is 1. The zero-order valence-electron chi connectivity index (χ0n) is 15.2. The minimum Gasteiger partial charge on any atom is -0.344 e. The SMILES string of the molecule is Cc1ccc(Br)c(S(=O)(=O)c2cnc3[nH]cc(-c4ccc5nccn5c4)c3n2)c1. The largest absolute Gasteiger partial charge is 0.344 e. The van der Waals surface area contributed by atoms with Crippen molar-refractivity contribution in [3.8, 4) is 11.1 Å². The highest BCUT2D eigenvalue weighted by molar-refractivity contribution is 9.10. The topological polar surface area (TPSA) is 93.0 Å². The Morgan fingerprint density at radius 2 is 2.00 bits per heavy atom. The molecule has 7 nitrogen and oxygen atoms in total. The third kappa shape index (κ3) is 2.93. The number of aryl methyl sites for hydroxylation is 1. The van der Waals surface area contributed by atoms with Crippen LogP contribution in [0.4, 0.5) is 0 Å². The number of sulfone groups is 1. The molecule has 29 heavy (non-hydrogen) atoms. The maximum absolute atomic E-state index is 13.2. The number of imidazole rings is 1. The molecule has 1 aromatic carbocycles. The van der Waals surface area contributed by atoms with Gasteiger partial charge in [-0.1, -0.05) is 6.07 Å². The molecular weight excluding hydrogens is 454 g/mol. The van der Waals surface area contributed by atoms with Gasteiger partial charge in [-0.25, -0.2) is 23.4 Å². The van der Waals surface area contributed by atoms with Gasteiger partial charge in [0.2, 0.25) is 9.84 Å². The molecule has 0 bridgehead atoms. The molecule has 5 rings (SSSR count). The molecule has 0 spiro atoms. The third-order valence-electron chi connectivity index (χ3n) is 4.71. The Labute approximate surface area is 174 Å². The second-order valence-electron chi connectivity index (χ2n) is 6.66. The summed E-state index contributed by atoms with van der Waals surface area (Å²) >= 11 is 3.33. The van der Waals surface area contributed by atoms with E-state index in [-0.39, 0.29) is 9.92 Å². The molecule has 0 radical (unpaired) electrons. The Morgan fingerprint density at radius 3 is 2.86 bits per heavy atom. The van der Waals surface area contributed by atoms with Gasteiger partial charge in [0.25, 0.3) is 0 Å².